The van der Waals surface area contributed by atoms with E-state index in [0.717, 1.165) is 12.5 Å². The van der Waals surface area contributed by atoms with Gasteiger partial charge in [0.2, 0.25) is 0 Å². The Hall–Kier alpha value is -0.820. The van der Waals surface area contributed by atoms with Crippen molar-refractivity contribution in [3.8, 4) is 0 Å². The maximum atomic E-state index is 3.60. The Bertz CT molecular complexity index is 317. The first-order valence-electron chi connectivity index (χ1n) is 6.99. The second kappa shape index (κ2) is 7.50. The van der Waals surface area contributed by atoms with Gasteiger partial charge < -0.3 is 5.32 Å². The van der Waals surface area contributed by atoms with Crippen LogP contribution in [0.3, 0.4) is 0 Å². The van der Waals surface area contributed by atoms with Crippen molar-refractivity contribution >= 4 is 0 Å². The maximum absolute atomic E-state index is 3.60. The monoisotopic (exact) mass is 233 g/mol. The van der Waals surface area contributed by atoms with E-state index in [9.17, 15) is 0 Å². The van der Waals surface area contributed by atoms with Crippen molar-refractivity contribution in [3.63, 3.8) is 0 Å². The smallest absolute Gasteiger partial charge is 0.0322 e. The van der Waals surface area contributed by atoms with Crippen molar-refractivity contribution in [2.45, 2.75) is 53.0 Å². The zero-order chi connectivity index (χ0) is 12.7. The molecule has 0 heterocycles. The minimum absolute atomic E-state index is 0.511. The highest BCUT2D eigenvalue weighted by atomic mass is 14.9. The summed E-state index contributed by atoms with van der Waals surface area (Å²) in [6.07, 6.45) is 3.62. The fraction of sp³-hybridized carbons (Fsp3) is 0.625. The van der Waals surface area contributed by atoms with Crippen molar-refractivity contribution < 1.29 is 0 Å². The minimum atomic E-state index is 0.511. The van der Waals surface area contributed by atoms with Gasteiger partial charge in [-0.2, -0.15) is 0 Å². The number of hydrogen-bond donors (Lipinski definition) is 1. The van der Waals surface area contributed by atoms with E-state index >= 15 is 0 Å². The van der Waals surface area contributed by atoms with E-state index in [2.05, 4.69) is 57.3 Å². The summed E-state index contributed by atoms with van der Waals surface area (Å²) in [5.41, 5.74) is 2.92. The molecular formula is C16H27N. The first-order chi connectivity index (χ1) is 8.17. The quantitative estimate of drug-likeness (QED) is 0.739. The number of rotatable bonds is 7. The normalized spacial score (nSPS) is 13.0. The highest BCUT2D eigenvalue weighted by Crippen LogP contribution is 2.22. The van der Waals surface area contributed by atoms with Crippen LogP contribution in [-0.4, -0.2) is 6.54 Å². The molecule has 0 saturated heterocycles. The predicted molar refractivity (Wildman–Crippen MR) is 76.3 cm³/mol. The van der Waals surface area contributed by atoms with Gasteiger partial charge in [-0.1, -0.05) is 58.4 Å². The zero-order valence-corrected chi connectivity index (χ0v) is 11.8. The van der Waals surface area contributed by atoms with Crippen molar-refractivity contribution in [2.24, 2.45) is 5.92 Å². The number of nitrogens with one attached hydrogen (secondary N) is 1. The van der Waals surface area contributed by atoms with Crippen molar-refractivity contribution in [1.82, 2.24) is 5.32 Å². The van der Waals surface area contributed by atoms with Gasteiger partial charge in [-0.15, -0.1) is 0 Å². The summed E-state index contributed by atoms with van der Waals surface area (Å²) in [6.45, 7) is 10.0. The Morgan fingerprint density at radius 2 is 1.94 bits per heavy atom. The SMILES string of the molecule is CCCc1cccc(C(CC(C)C)NCC)c1. The summed E-state index contributed by atoms with van der Waals surface area (Å²) in [6, 6.07) is 9.58. The predicted octanol–water partition coefficient (Wildman–Crippen LogP) is 4.34. The molecule has 1 unspecified atom stereocenters. The molecule has 17 heavy (non-hydrogen) atoms. The highest BCUT2D eigenvalue weighted by molar-refractivity contribution is 5.26. The second-order valence-corrected chi connectivity index (χ2v) is 5.23. The second-order valence-electron chi connectivity index (χ2n) is 5.23. The third kappa shape index (κ3) is 4.91. The molecular weight excluding hydrogens is 206 g/mol. The van der Waals surface area contributed by atoms with E-state index in [1.54, 1.807) is 0 Å². The van der Waals surface area contributed by atoms with Gasteiger partial charge in [0.05, 0.1) is 0 Å². The van der Waals surface area contributed by atoms with Crippen molar-refractivity contribution in [1.29, 1.82) is 0 Å². The molecule has 1 N–H and O–H groups in total. The molecule has 0 aliphatic rings. The van der Waals surface area contributed by atoms with Crippen molar-refractivity contribution in [2.75, 3.05) is 6.54 Å². The Morgan fingerprint density at radius 1 is 1.18 bits per heavy atom. The Balaban J connectivity index is 2.81. The average Bonchev–Trinajstić information content (AvgIpc) is 2.29. The van der Waals surface area contributed by atoms with Gasteiger partial charge in [-0.3, -0.25) is 0 Å². The lowest BCUT2D eigenvalue weighted by atomic mass is 9.95. The Morgan fingerprint density at radius 3 is 2.53 bits per heavy atom. The Labute approximate surface area is 107 Å². The molecule has 0 amide bonds. The van der Waals surface area contributed by atoms with Gasteiger partial charge in [-0.05, 0) is 36.4 Å². The summed E-state index contributed by atoms with van der Waals surface area (Å²) < 4.78 is 0. The molecule has 0 aliphatic heterocycles. The van der Waals surface area contributed by atoms with Crippen LogP contribution in [-0.2, 0) is 6.42 Å². The van der Waals surface area contributed by atoms with E-state index < -0.39 is 0 Å². The largest absolute Gasteiger partial charge is 0.310 e. The van der Waals surface area contributed by atoms with Gasteiger partial charge in [-0.25, -0.2) is 0 Å². The summed E-state index contributed by atoms with van der Waals surface area (Å²) in [5.74, 6) is 0.730. The molecule has 0 fully saturated rings. The van der Waals surface area contributed by atoms with Crippen LogP contribution in [0.25, 0.3) is 0 Å². The van der Waals surface area contributed by atoms with Crippen LogP contribution in [0.2, 0.25) is 0 Å². The molecule has 0 radical (unpaired) electrons. The lowest BCUT2D eigenvalue weighted by molar-refractivity contribution is 0.438. The lowest BCUT2D eigenvalue weighted by Gasteiger charge is -2.21. The summed E-state index contributed by atoms with van der Waals surface area (Å²) in [4.78, 5) is 0. The van der Waals surface area contributed by atoms with Crippen LogP contribution in [0.5, 0.6) is 0 Å². The molecule has 96 valence electrons. The standard InChI is InChI=1S/C16H27N/c1-5-8-14-9-7-10-15(12-14)16(17-6-2)11-13(3)4/h7,9-10,12-13,16-17H,5-6,8,11H2,1-4H3. The molecule has 1 heteroatoms. The highest BCUT2D eigenvalue weighted by Gasteiger charge is 2.12. The molecule has 1 aromatic carbocycles. The van der Waals surface area contributed by atoms with Crippen LogP contribution in [0.15, 0.2) is 24.3 Å². The summed E-state index contributed by atoms with van der Waals surface area (Å²) in [5, 5.41) is 3.60. The fourth-order valence-corrected chi connectivity index (χ4v) is 2.31. The van der Waals surface area contributed by atoms with Crippen LogP contribution < -0.4 is 5.32 Å². The fourth-order valence-electron chi connectivity index (χ4n) is 2.31. The maximum Gasteiger partial charge on any atom is 0.0322 e. The molecule has 0 bridgehead atoms. The topological polar surface area (TPSA) is 12.0 Å². The third-order valence-corrected chi connectivity index (χ3v) is 3.05. The first kappa shape index (κ1) is 14.2. The van der Waals surface area contributed by atoms with E-state index in [1.165, 1.54) is 30.4 Å². The third-order valence-electron chi connectivity index (χ3n) is 3.05. The molecule has 0 aliphatic carbocycles. The lowest BCUT2D eigenvalue weighted by Crippen LogP contribution is -2.22. The first-order valence-corrected chi connectivity index (χ1v) is 6.99. The Kier molecular flexibility index (Phi) is 6.28. The molecule has 1 aromatic rings. The van der Waals surface area contributed by atoms with Crippen LogP contribution >= 0.6 is 0 Å². The van der Waals surface area contributed by atoms with Crippen LogP contribution in [0.1, 0.15) is 57.7 Å². The van der Waals surface area contributed by atoms with Crippen LogP contribution in [0.4, 0.5) is 0 Å². The van der Waals surface area contributed by atoms with Gasteiger partial charge in [0, 0.05) is 6.04 Å². The molecule has 1 atom stereocenters. The molecule has 0 spiro atoms. The van der Waals surface area contributed by atoms with Gasteiger partial charge in [0.15, 0.2) is 0 Å². The van der Waals surface area contributed by atoms with E-state index in [-0.39, 0.29) is 0 Å². The molecule has 1 rings (SSSR count). The number of hydrogen-bond acceptors (Lipinski definition) is 1. The van der Waals surface area contributed by atoms with E-state index in [4.69, 9.17) is 0 Å². The van der Waals surface area contributed by atoms with Gasteiger partial charge in [0.1, 0.15) is 0 Å². The zero-order valence-electron chi connectivity index (χ0n) is 11.8. The molecule has 0 saturated carbocycles. The van der Waals surface area contributed by atoms with E-state index in [1.807, 2.05) is 0 Å². The summed E-state index contributed by atoms with van der Waals surface area (Å²) >= 11 is 0. The van der Waals surface area contributed by atoms with Crippen LogP contribution in [0, 0.1) is 5.92 Å². The molecule has 0 aromatic heterocycles. The van der Waals surface area contributed by atoms with Gasteiger partial charge >= 0.3 is 0 Å². The number of aryl methyl sites for hydroxylation is 1. The van der Waals surface area contributed by atoms with E-state index in [0.29, 0.717) is 6.04 Å². The molecule has 1 nitrogen and oxygen atoms in total. The van der Waals surface area contributed by atoms with Gasteiger partial charge in [0.25, 0.3) is 0 Å². The summed E-state index contributed by atoms with van der Waals surface area (Å²) in [7, 11) is 0. The van der Waals surface area contributed by atoms with Crippen molar-refractivity contribution in [3.05, 3.63) is 35.4 Å². The average molecular weight is 233 g/mol. The minimum Gasteiger partial charge on any atom is -0.310 e. The number of benzene rings is 1.